The molecule has 0 aliphatic carbocycles. The van der Waals surface area contributed by atoms with Crippen LogP contribution in [0.4, 0.5) is 5.82 Å². The number of hydrogen-bond donors (Lipinski definition) is 1. The van der Waals surface area contributed by atoms with E-state index in [-0.39, 0.29) is 11.7 Å². The van der Waals surface area contributed by atoms with Crippen molar-refractivity contribution in [2.45, 2.75) is 19.6 Å². The molecule has 3 heterocycles. The summed E-state index contributed by atoms with van der Waals surface area (Å²) in [5.74, 6) is -0.414. The van der Waals surface area contributed by atoms with E-state index in [1.807, 2.05) is 11.8 Å². The van der Waals surface area contributed by atoms with Gasteiger partial charge in [0.1, 0.15) is 11.4 Å². The van der Waals surface area contributed by atoms with E-state index >= 15 is 0 Å². The third kappa shape index (κ3) is 2.17. The highest BCUT2D eigenvalue weighted by molar-refractivity contribution is 5.93. The fourth-order valence-electron chi connectivity index (χ4n) is 2.49. The molecule has 3 rings (SSSR count). The number of hydrogen-bond acceptors (Lipinski definition) is 5. The van der Waals surface area contributed by atoms with E-state index in [1.165, 1.54) is 0 Å². The summed E-state index contributed by atoms with van der Waals surface area (Å²) in [6.45, 7) is 4.90. The van der Waals surface area contributed by atoms with Gasteiger partial charge in [0.05, 0.1) is 31.6 Å². The van der Waals surface area contributed by atoms with Crippen molar-refractivity contribution in [1.29, 1.82) is 0 Å². The van der Waals surface area contributed by atoms with Gasteiger partial charge in [-0.3, -0.25) is 0 Å². The number of carboxylic acid groups (broad SMARTS) is 1. The molecule has 6 nitrogen and oxygen atoms in total. The number of carbonyl (C=O) groups is 1. The molecule has 0 spiro atoms. The molecule has 0 radical (unpaired) electrons. The summed E-state index contributed by atoms with van der Waals surface area (Å²) in [7, 11) is 0. The van der Waals surface area contributed by atoms with E-state index in [9.17, 15) is 9.90 Å². The van der Waals surface area contributed by atoms with Crippen molar-refractivity contribution in [1.82, 2.24) is 4.98 Å². The minimum Gasteiger partial charge on any atom is -0.478 e. The minimum atomic E-state index is -0.948. The molecule has 102 valence electrons. The Bertz CT molecular complexity index is 512. The van der Waals surface area contributed by atoms with Gasteiger partial charge < -0.3 is 19.5 Å². The van der Waals surface area contributed by atoms with Gasteiger partial charge in [-0.1, -0.05) is 0 Å². The zero-order chi connectivity index (χ0) is 13.4. The molecule has 1 atom stereocenters. The number of aromatic nitrogens is 1. The Labute approximate surface area is 111 Å². The molecule has 1 N–H and O–H groups in total. The van der Waals surface area contributed by atoms with Gasteiger partial charge in [0.25, 0.3) is 0 Å². The molecule has 1 fully saturated rings. The van der Waals surface area contributed by atoms with Crippen LogP contribution >= 0.6 is 0 Å². The zero-order valence-corrected chi connectivity index (χ0v) is 10.8. The van der Waals surface area contributed by atoms with Gasteiger partial charge in [-0.2, -0.15) is 0 Å². The maximum atomic E-state index is 11.4. The standard InChI is InChI=1S/C13H16N2O4/c1-8-9-6-10(13(16)17)12(14-11(9)7-19-8)15-2-4-18-5-3-15/h6,8H,2-5,7H2,1H3,(H,16,17)/t8-/m1/s1. The molecule has 6 heteroatoms. The van der Waals surface area contributed by atoms with Crippen LogP contribution in [-0.2, 0) is 16.1 Å². The van der Waals surface area contributed by atoms with Crippen LogP contribution in [0.3, 0.4) is 0 Å². The van der Waals surface area contributed by atoms with E-state index in [4.69, 9.17) is 9.47 Å². The van der Waals surface area contributed by atoms with Crippen LogP contribution in [0.15, 0.2) is 6.07 Å². The van der Waals surface area contributed by atoms with Gasteiger partial charge in [0.2, 0.25) is 0 Å². The number of anilines is 1. The number of pyridine rings is 1. The normalized spacial score (nSPS) is 22.4. The lowest BCUT2D eigenvalue weighted by molar-refractivity contribution is 0.0695. The van der Waals surface area contributed by atoms with Crippen molar-refractivity contribution in [3.05, 3.63) is 22.9 Å². The molecular weight excluding hydrogens is 248 g/mol. The van der Waals surface area contributed by atoms with Crippen molar-refractivity contribution >= 4 is 11.8 Å². The van der Waals surface area contributed by atoms with Gasteiger partial charge in [-0.05, 0) is 13.0 Å². The van der Waals surface area contributed by atoms with Gasteiger partial charge >= 0.3 is 5.97 Å². The molecule has 1 aromatic rings. The second-order valence-corrected chi connectivity index (χ2v) is 4.75. The monoisotopic (exact) mass is 264 g/mol. The van der Waals surface area contributed by atoms with Crippen LogP contribution in [-0.4, -0.2) is 42.4 Å². The Morgan fingerprint density at radius 2 is 2.21 bits per heavy atom. The Balaban J connectivity index is 2.04. The summed E-state index contributed by atoms with van der Waals surface area (Å²) < 4.78 is 10.8. The highest BCUT2D eigenvalue weighted by Gasteiger charge is 2.27. The first-order chi connectivity index (χ1) is 9.16. The molecule has 2 aliphatic rings. The maximum absolute atomic E-state index is 11.4. The largest absolute Gasteiger partial charge is 0.478 e. The van der Waals surface area contributed by atoms with E-state index in [1.54, 1.807) is 6.07 Å². The fraction of sp³-hybridized carbons (Fsp3) is 0.538. The molecule has 2 aliphatic heterocycles. The smallest absolute Gasteiger partial charge is 0.339 e. The van der Waals surface area contributed by atoms with E-state index in [0.717, 1.165) is 11.3 Å². The van der Waals surface area contributed by atoms with Crippen molar-refractivity contribution in [3.8, 4) is 0 Å². The first kappa shape index (κ1) is 12.4. The Morgan fingerprint density at radius 3 is 2.89 bits per heavy atom. The summed E-state index contributed by atoms with van der Waals surface area (Å²) >= 11 is 0. The molecule has 0 amide bonds. The van der Waals surface area contributed by atoms with Crippen molar-refractivity contribution < 1.29 is 19.4 Å². The van der Waals surface area contributed by atoms with E-state index in [0.29, 0.717) is 38.7 Å². The zero-order valence-electron chi connectivity index (χ0n) is 10.8. The number of carboxylic acids is 1. The molecule has 0 unspecified atom stereocenters. The lowest BCUT2D eigenvalue weighted by Gasteiger charge is -2.29. The second-order valence-electron chi connectivity index (χ2n) is 4.75. The average molecular weight is 264 g/mol. The van der Waals surface area contributed by atoms with E-state index in [2.05, 4.69) is 4.98 Å². The predicted molar refractivity (Wildman–Crippen MR) is 67.4 cm³/mol. The molecule has 1 saturated heterocycles. The quantitative estimate of drug-likeness (QED) is 0.865. The molecule has 0 bridgehead atoms. The third-order valence-corrected chi connectivity index (χ3v) is 3.56. The van der Waals surface area contributed by atoms with Crippen LogP contribution in [0, 0.1) is 0 Å². The highest BCUT2D eigenvalue weighted by atomic mass is 16.5. The van der Waals surface area contributed by atoms with Crippen molar-refractivity contribution in [2.24, 2.45) is 0 Å². The summed E-state index contributed by atoms with van der Waals surface area (Å²) in [5, 5.41) is 9.38. The lowest BCUT2D eigenvalue weighted by Crippen LogP contribution is -2.38. The Hall–Kier alpha value is -1.66. The summed E-state index contributed by atoms with van der Waals surface area (Å²) in [5.41, 5.74) is 1.98. The first-order valence-corrected chi connectivity index (χ1v) is 6.38. The molecule has 19 heavy (non-hydrogen) atoms. The van der Waals surface area contributed by atoms with E-state index < -0.39 is 5.97 Å². The average Bonchev–Trinajstić information content (AvgIpc) is 2.79. The van der Waals surface area contributed by atoms with Gasteiger partial charge in [0.15, 0.2) is 0 Å². The van der Waals surface area contributed by atoms with Crippen molar-refractivity contribution in [2.75, 3.05) is 31.2 Å². The van der Waals surface area contributed by atoms with Gasteiger partial charge in [-0.15, -0.1) is 0 Å². The summed E-state index contributed by atoms with van der Waals surface area (Å²) in [6.07, 6.45) is -0.0839. The lowest BCUT2D eigenvalue weighted by atomic mass is 10.1. The molecular formula is C13H16N2O4. The first-order valence-electron chi connectivity index (χ1n) is 6.38. The summed E-state index contributed by atoms with van der Waals surface area (Å²) in [4.78, 5) is 17.9. The number of morpholine rings is 1. The minimum absolute atomic E-state index is 0.0839. The second kappa shape index (κ2) is 4.79. The molecule has 1 aromatic heterocycles. The molecule has 0 aromatic carbocycles. The third-order valence-electron chi connectivity index (χ3n) is 3.56. The van der Waals surface area contributed by atoms with Crippen LogP contribution in [0.25, 0.3) is 0 Å². The number of rotatable bonds is 2. The van der Waals surface area contributed by atoms with Crippen LogP contribution in [0.5, 0.6) is 0 Å². The fourth-order valence-corrected chi connectivity index (χ4v) is 2.49. The van der Waals surface area contributed by atoms with Gasteiger partial charge in [0, 0.05) is 18.7 Å². The number of nitrogens with zero attached hydrogens (tertiary/aromatic N) is 2. The van der Waals surface area contributed by atoms with Gasteiger partial charge in [-0.25, -0.2) is 9.78 Å². The number of fused-ring (bicyclic) bond motifs is 1. The maximum Gasteiger partial charge on any atom is 0.339 e. The highest BCUT2D eigenvalue weighted by Crippen LogP contribution is 2.33. The van der Waals surface area contributed by atoms with Crippen LogP contribution in [0.1, 0.15) is 34.6 Å². The number of aromatic carboxylic acids is 1. The predicted octanol–water partition coefficient (Wildman–Crippen LogP) is 1.21. The van der Waals surface area contributed by atoms with Crippen LogP contribution in [0.2, 0.25) is 0 Å². The van der Waals surface area contributed by atoms with Crippen molar-refractivity contribution in [3.63, 3.8) is 0 Å². The topological polar surface area (TPSA) is 71.9 Å². The Kier molecular flexibility index (Phi) is 3.12. The summed E-state index contributed by atoms with van der Waals surface area (Å²) in [6, 6.07) is 1.70. The number of ether oxygens (including phenoxy) is 2. The Morgan fingerprint density at radius 1 is 1.47 bits per heavy atom. The SMILES string of the molecule is C[C@H]1OCc2nc(N3CCOCC3)c(C(=O)O)cc21. The molecule has 0 saturated carbocycles. The van der Waals surface area contributed by atoms with Crippen LogP contribution < -0.4 is 4.90 Å².